The van der Waals surface area contributed by atoms with Gasteiger partial charge in [-0.05, 0) is 19.5 Å². The van der Waals surface area contributed by atoms with Crippen molar-refractivity contribution in [3.63, 3.8) is 0 Å². The van der Waals surface area contributed by atoms with Crippen molar-refractivity contribution in [3.8, 4) is 5.75 Å². The van der Waals surface area contributed by atoms with E-state index in [2.05, 4.69) is 10.3 Å². The van der Waals surface area contributed by atoms with Crippen LogP contribution in [0.15, 0.2) is 6.20 Å². The number of hydrogen-bond donors (Lipinski definition) is 2. The van der Waals surface area contributed by atoms with E-state index < -0.39 is 0 Å². The molecule has 0 radical (unpaired) electrons. The number of carbonyl (C=O) groups excluding carboxylic acids is 1. The molecule has 0 fully saturated rings. The number of nitrogens with zero attached hydrogens (tertiary/aromatic N) is 1. The van der Waals surface area contributed by atoms with Gasteiger partial charge in [0, 0.05) is 12.7 Å². The predicted molar refractivity (Wildman–Crippen MR) is 48.8 cm³/mol. The minimum atomic E-state index is -0.0252. The van der Waals surface area contributed by atoms with Crippen LogP contribution < -0.4 is 5.32 Å². The molecule has 1 aromatic rings. The number of carbonyl (C=O) groups is 1. The summed E-state index contributed by atoms with van der Waals surface area (Å²) in [5, 5.41) is 12.4. The number of hydrogen-bond acceptors (Lipinski definition) is 4. The Kier molecular flexibility index (Phi) is 2.97. The van der Waals surface area contributed by atoms with Crippen molar-refractivity contribution >= 4 is 6.29 Å². The molecule has 1 rings (SSSR count). The fourth-order valence-corrected chi connectivity index (χ4v) is 1.12. The van der Waals surface area contributed by atoms with Crippen molar-refractivity contribution in [1.29, 1.82) is 0 Å². The lowest BCUT2D eigenvalue weighted by Crippen LogP contribution is -2.08. The summed E-state index contributed by atoms with van der Waals surface area (Å²) in [6.07, 6.45) is 2.24. The van der Waals surface area contributed by atoms with Crippen molar-refractivity contribution < 1.29 is 9.90 Å². The molecule has 0 saturated carbocycles. The number of aldehydes is 1. The number of pyridine rings is 1. The van der Waals surface area contributed by atoms with Gasteiger partial charge in [0.15, 0.2) is 6.29 Å². The summed E-state index contributed by atoms with van der Waals surface area (Å²) >= 11 is 0. The Bertz CT molecular complexity index is 324. The standard InChI is InChI=1S/C9H12N2O2/c1-6-9(13)8(5-12)7(3-10-2)4-11-6/h4-5,10,13H,3H2,1-2H3. The van der Waals surface area contributed by atoms with Gasteiger partial charge in [-0.1, -0.05) is 0 Å². The van der Waals surface area contributed by atoms with Crippen molar-refractivity contribution in [2.45, 2.75) is 13.5 Å². The minimum absolute atomic E-state index is 0.0252. The lowest BCUT2D eigenvalue weighted by atomic mass is 10.1. The molecule has 0 unspecified atom stereocenters. The number of nitrogens with one attached hydrogen (secondary N) is 1. The molecule has 13 heavy (non-hydrogen) atoms. The monoisotopic (exact) mass is 180 g/mol. The van der Waals surface area contributed by atoms with Gasteiger partial charge in [0.1, 0.15) is 5.75 Å². The first-order valence-electron chi connectivity index (χ1n) is 3.98. The number of aromatic nitrogens is 1. The molecular formula is C9H12N2O2. The van der Waals surface area contributed by atoms with Crippen LogP contribution in [-0.4, -0.2) is 23.4 Å². The summed E-state index contributed by atoms with van der Waals surface area (Å²) < 4.78 is 0. The van der Waals surface area contributed by atoms with E-state index in [9.17, 15) is 9.90 Å². The highest BCUT2D eigenvalue weighted by Gasteiger charge is 2.09. The lowest BCUT2D eigenvalue weighted by Gasteiger charge is -2.06. The van der Waals surface area contributed by atoms with Crippen LogP contribution in [0.2, 0.25) is 0 Å². The Morgan fingerprint density at radius 1 is 1.69 bits per heavy atom. The second-order valence-electron chi connectivity index (χ2n) is 2.78. The summed E-state index contributed by atoms with van der Waals surface area (Å²) in [5.74, 6) is -0.0252. The molecule has 0 bridgehead atoms. The molecule has 0 aliphatic carbocycles. The van der Waals surface area contributed by atoms with Crippen molar-refractivity contribution in [3.05, 3.63) is 23.0 Å². The van der Waals surface area contributed by atoms with Gasteiger partial charge in [-0.2, -0.15) is 0 Å². The molecule has 0 saturated heterocycles. The van der Waals surface area contributed by atoms with Gasteiger partial charge in [-0.15, -0.1) is 0 Å². The Balaban J connectivity index is 3.21. The van der Waals surface area contributed by atoms with Gasteiger partial charge in [0.05, 0.1) is 11.3 Å². The molecule has 0 atom stereocenters. The smallest absolute Gasteiger partial charge is 0.154 e. The molecule has 2 N–H and O–H groups in total. The first-order chi connectivity index (χ1) is 6.20. The van der Waals surface area contributed by atoms with E-state index in [0.29, 0.717) is 29.7 Å². The van der Waals surface area contributed by atoms with Gasteiger partial charge in [0.2, 0.25) is 0 Å². The molecule has 4 heteroatoms. The van der Waals surface area contributed by atoms with E-state index in [1.165, 1.54) is 0 Å². The maximum Gasteiger partial charge on any atom is 0.154 e. The van der Waals surface area contributed by atoms with E-state index in [1.54, 1.807) is 20.2 Å². The van der Waals surface area contributed by atoms with Crippen molar-refractivity contribution in [2.24, 2.45) is 0 Å². The van der Waals surface area contributed by atoms with Crippen molar-refractivity contribution in [2.75, 3.05) is 7.05 Å². The topological polar surface area (TPSA) is 62.2 Å². The zero-order chi connectivity index (χ0) is 9.84. The van der Waals surface area contributed by atoms with Crippen LogP contribution in [-0.2, 0) is 6.54 Å². The average molecular weight is 180 g/mol. The number of rotatable bonds is 3. The lowest BCUT2D eigenvalue weighted by molar-refractivity contribution is 0.111. The number of aryl methyl sites for hydroxylation is 1. The van der Waals surface area contributed by atoms with Crippen molar-refractivity contribution in [1.82, 2.24) is 10.3 Å². The van der Waals surface area contributed by atoms with E-state index in [0.717, 1.165) is 0 Å². The Labute approximate surface area is 76.6 Å². The van der Waals surface area contributed by atoms with E-state index in [4.69, 9.17) is 0 Å². The quantitative estimate of drug-likeness (QED) is 0.670. The van der Waals surface area contributed by atoms with Crippen LogP contribution in [0.4, 0.5) is 0 Å². The third-order valence-corrected chi connectivity index (χ3v) is 1.84. The molecule has 1 aromatic heterocycles. The summed E-state index contributed by atoms with van der Waals surface area (Å²) in [6, 6.07) is 0. The molecule has 1 heterocycles. The fourth-order valence-electron chi connectivity index (χ4n) is 1.12. The highest BCUT2D eigenvalue weighted by atomic mass is 16.3. The highest BCUT2D eigenvalue weighted by molar-refractivity contribution is 5.81. The summed E-state index contributed by atoms with van der Waals surface area (Å²) in [4.78, 5) is 14.6. The Hall–Kier alpha value is -1.42. The van der Waals surface area contributed by atoms with E-state index in [-0.39, 0.29) is 5.75 Å². The van der Waals surface area contributed by atoms with Gasteiger partial charge >= 0.3 is 0 Å². The van der Waals surface area contributed by atoms with Crippen LogP contribution in [0.25, 0.3) is 0 Å². The van der Waals surface area contributed by atoms with Crippen LogP contribution in [0, 0.1) is 6.92 Å². The first-order valence-corrected chi connectivity index (χ1v) is 3.98. The van der Waals surface area contributed by atoms with Crippen LogP contribution >= 0.6 is 0 Å². The Morgan fingerprint density at radius 2 is 2.38 bits per heavy atom. The zero-order valence-electron chi connectivity index (χ0n) is 7.66. The maximum absolute atomic E-state index is 10.7. The molecule has 4 nitrogen and oxygen atoms in total. The predicted octanol–water partition coefficient (Wildman–Crippen LogP) is 0.628. The fraction of sp³-hybridized carbons (Fsp3) is 0.333. The van der Waals surface area contributed by atoms with Crippen LogP contribution in [0.3, 0.4) is 0 Å². The second kappa shape index (κ2) is 4.00. The third-order valence-electron chi connectivity index (χ3n) is 1.84. The average Bonchev–Trinajstić information content (AvgIpc) is 2.12. The van der Waals surface area contributed by atoms with Gasteiger partial charge in [-0.3, -0.25) is 9.78 Å². The number of aromatic hydroxyl groups is 1. The third kappa shape index (κ3) is 1.84. The minimum Gasteiger partial charge on any atom is -0.505 e. The molecule has 0 amide bonds. The summed E-state index contributed by atoms with van der Waals surface area (Å²) in [5.41, 5.74) is 1.50. The molecule has 0 spiro atoms. The van der Waals surface area contributed by atoms with Gasteiger partial charge in [0.25, 0.3) is 0 Å². The van der Waals surface area contributed by atoms with Crippen LogP contribution in [0.5, 0.6) is 5.75 Å². The largest absolute Gasteiger partial charge is 0.505 e. The molecule has 0 aliphatic rings. The maximum atomic E-state index is 10.7. The molecule has 0 aliphatic heterocycles. The van der Waals surface area contributed by atoms with E-state index in [1.807, 2.05) is 0 Å². The Morgan fingerprint density at radius 3 is 2.92 bits per heavy atom. The molecular weight excluding hydrogens is 168 g/mol. The van der Waals surface area contributed by atoms with E-state index >= 15 is 0 Å². The van der Waals surface area contributed by atoms with Gasteiger partial charge < -0.3 is 10.4 Å². The molecule has 70 valence electrons. The summed E-state index contributed by atoms with van der Waals surface area (Å²) in [7, 11) is 1.77. The zero-order valence-corrected chi connectivity index (χ0v) is 7.66. The SMILES string of the molecule is CNCc1cnc(C)c(O)c1C=O. The van der Waals surface area contributed by atoms with Gasteiger partial charge in [-0.25, -0.2) is 0 Å². The highest BCUT2D eigenvalue weighted by Crippen LogP contribution is 2.21. The normalized spacial score (nSPS) is 10.0. The first kappa shape index (κ1) is 9.67. The molecule has 0 aromatic carbocycles. The second-order valence-corrected chi connectivity index (χ2v) is 2.78. The summed E-state index contributed by atoms with van der Waals surface area (Å²) in [6.45, 7) is 2.18. The van der Waals surface area contributed by atoms with Crippen LogP contribution in [0.1, 0.15) is 21.6 Å².